The van der Waals surface area contributed by atoms with E-state index in [1.165, 1.54) is 0 Å². The summed E-state index contributed by atoms with van der Waals surface area (Å²) in [5.41, 5.74) is -2.14. The molecule has 1 heterocycles. The lowest BCUT2D eigenvalue weighted by Gasteiger charge is -2.37. The van der Waals surface area contributed by atoms with E-state index < -0.39 is 79.0 Å². The van der Waals surface area contributed by atoms with E-state index in [1.807, 2.05) is 0 Å². The predicted octanol–water partition coefficient (Wildman–Crippen LogP) is -4.31. The minimum Gasteiger partial charge on any atom is -0.479 e. The van der Waals surface area contributed by atoms with Gasteiger partial charge in [-0.15, -0.1) is 0 Å². The van der Waals surface area contributed by atoms with Crippen molar-refractivity contribution in [1.29, 1.82) is 0 Å². The van der Waals surface area contributed by atoms with Crippen LogP contribution in [0.4, 0.5) is 0 Å². The van der Waals surface area contributed by atoms with Crippen molar-refractivity contribution >= 4 is 11.9 Å². The Morgan fingerprint density at radius 2 is 1.44 bits per heavy atom. The van der Waals surface area contributed by atoms with Crippen LogP contribution >= 0.6 is 0 Å². The van der Waals surface area contributed by atoms with Gasteiger partial charge in [0.05, 0.1) is 24.2 Å². The third-order valence-electron chi connectivity index (χ3n) is 4.83. The second kappa shape index (κ2) is 7.11. The Hall–Kier alpha value is -1.34. The number of carboxylic acid groups (broad SMARTS) is 1. The third kappa shape index (κ3) is 3.77. The van der Waals surface area contributed by atoms with Crippen LogP contribution in [0, 0.1) is 5.92 Å². The molecule has 1 saturated heterocycles. The number of carbonyl (C=O) groups is 2. The maximum Gasteiger partial charge on any atom is 0.335 e. The molecule has 25 heavy (non-hydrogen) atoms. The first-order chi connectivity index (χ1) is 11.5. The lowest BCUT2D eigenvalue weighted by atomic mass is 9.80. The van der Waals surface area contributed by atoms with E-state index in [0.717, 1.165) is 0 Å². The third-order valence-corrected chi connectivity index (χ3v) is 4.83. The quantitative estimate of drug-likeness (QED) is 0.208. The van der Waals surface area contributed by atoms with E-state index in [9.17, 15) is 30.0 Å². The Labute approximate surface area is 141 Å². The predicted molar refractivity (Wildman–Crippen MR) is 75.8 cm³/mol. The molecule has 2 aliphatic carbocycles. The minimum atomic E-state index is -2.14. The van der Waals surface area contributed by atoms with Crippen molar-refractivity contribution in [2.75, 3.05) is 0 Å². The normalized spacial score (nSPS) is 49.0. The highest BCUT2D eigenvalue weighted by atomic mass is 16.6. The summed E-state index contributed by atoms with van der Waals surface area (Å²) >= 11 is 0. The molecule has 7 unspecified atom stereocenters. The summed E-state index contributed by atoms with van der Waals surface area (Å²) in [6.07, 6.45) is -9.09. The zero-order valence-corrected chi connectivity index (χ0v) is 13.0. The monoisotopic (exact) mass is 366 g/mol. The summed E-state index contributed by atoms with van der Waals surface area (Å²) in [6.45, 7) is 0. The fourth-order valence-corrected chi connectivity index (χ4v) is 3.23. The zero-order valence-electron chi connectivity index (χ0n) is 13.0. The molecule has 3 rings (SSSR count). The second-order valence-corrected chi connectivity index (χ2v) is 6.66. The molecule has 0 aromatic carbocycles. The summed E-state index contributed by atoms with van der Waals surface area (Å²) in [5, 5.41) is 73.0. The molecular formula is C14H22O11. The van der Waals surface area contributed by atoms with Crippen molar-refractivity contribution in [2.45, 2.75) is 67.6 Å². The molecule has 1 aliphatic heterocycles. The van der Waals surface area contributed by atoms with Crippen molar-refractivity contribution < 1.29 is 55.2 Å². The summed E-state index contributed by atoms with van der Waals surface area (Å²) in [5.74, 6) is -2.69. The molecule has 0 spiro atoms. The number of hydrogen-bond donors (Lipinski definition) is 8. The first-order valence-electron chi connectivity index (χ1n) is 7.72. The molecule has 0 aromatic heterocycles. The number of esters is 1. The fourth-order valence-electron chi connectivity index (χ4n) is 3.23. The van der Waals surface area contributed by atoms with Crippen molar-refractivity contribution in [1.82, 2.24) is 0 Å². The van der Waals surface area contributed by atoms with Gasteiger partial charge >= 0.3 is 11.9 Å². The number of hydrogen-bond acceptors (Lipinski definition) is 10. The highest BCUT2D eigenvalue weighted by molar-refractivity contribution is 5.77. The molecule has 7 atom stereocenters. The number of rotatable bonds is 1. The van der Waals surface area contributed by atoms with Gasteiger partial charge in [-0.1, -0.05) is 0 Å². The average Bonchev–Trinajstić information content (AvgIpc) is 2.89. The van der Waals surface area contributed by atoms with Crippen molar-refractivity contribution in [2.24, 2.45) is 5.92 Å². The molecule has 0 radical (unpaired) electrons. The number of aliphatic hydroxyl groups is 7. The molecule has 2 bridgehead atoms. The molecule has 11 heteroatoms. The lowest BCUT2D eigenvalue weighted by molar-refractivity contribution is -0.187. The second-order valence-electron chi connectivity index (χ2n) is 6.66. The maximum absolute atomic E-state index is 11.0. The van der Waals surface area contributed by atoms with Crippen LogP contribution in [-0.4, -0.2) is 101 Å². The number of ether oxygens (including phenoxy) is 1. The largest absolute Gasteiger partial charge is 0.479 e. The molecular weight excluding hydrogens is 344 g/mol. The number of carbonyl (C=O) groups excluding carboxylic acids is 1. The van der Waals surface area contributed by atoms with Crippen LogP contribution in [0.25, 0.3) is 0 Å². The van der Waals surface area contributed by atoms with Crippen LogP contribution < -0.4 is 0 Å². The number of aliphatic carboxylic acids is 1. The Kier molecular flexibility index (Phi) is 5.68. The van der Waals surface area contributed by atoms with Crippen LogP contribution in [0.15, 0.2) is 0 Å². The van der Waals surface area contributed by atoms with Crippen LogP contribution in [0.2, 0.25) is 0 Å². The van der Waals surface area contributed by atoms with Gasteiger partial charge in [0.2, 0.25) is 0 Å². The van der Waals surface area contributed by atoms with Gasteiger partial charge < -0.3 is 45.6 Å². The van der Waals surface area contributed by atoms with Gasteiger partial charge in [0.15, 0.2) is 5.60 Å². The van der Waals surface area contributed by atoms with Gasteiger partial charge in [-0.05, 0) is 0 Å². The van der Waals surface area contributed by atoms with Crippen LogP contribution in [0.3, 0.4) is 0 Å². The number of fused-ring (bicyclic) bond motifs is 2. The molecule has 0 amide bonds. The summed E-state index contributed by atoms with van der Waals surface area (Å²) in [6, 6.07) is 0. The van der Waals surface area contributed by atoms with E-state index in [-0.39, 0.29) is 0 Å². The van der Waals surface area contributed by atoms with Crippen LogP contribution in [-0.2, 0) is 14.3 Å². The zero-order chi connectivity index (χ0) is 19.1. The molecule has 144 valence electrons. The summed E-state index contributed by atoms with van der Waals surface area (Å²) in [4.78, 5) is 21.5. The first-order valence-corrected chi connectivity index (χ1v) is 7.72. The average molecular weight is 366 g/mol. The molecule has 3 fully saturated rings. The molecule has 2 saturated carbocycles. The van der Waals surface area contributed by atoms with Gasteiger partial charge in [-0.25, -0.2) is 4.79 Å². The summed E-state index contributed by atoms with van der Waals surface area (Å²) < 4.78 is 4.73. The van der Waals surface area contributed by atoms with Gasteiger partial charge in [0.25, 0.3) is 0 Å². The molecule has 3 aliphatic rings. The van der Waals surface area contributed by atoms with Gasteiger partial charge in [-0.2, -0.15) is 0 Å². The summed E-state index contributed by atoms with van der Waals surface area (Å²) in [7, 11) is 0. The minimum absolute atomic E-state index is 0.304. The van der Waals surface area contributed by atoms with Gasteiger partial charge in [0.1, 0.15) is 24.4 Å². The first kappa shape index (κ1) is 20.0. The van der Waals surface area contributed by atoms with Gasteiger partial charge in [-0.3, -0.25) is 4.79 Å². The number of aliphatic hydroxyl groups excluding tert-OH is 6. The highest BCUT2D eigenvalue weighted by Crippen LogP contribution is 2.34. The Bertz CT molecular complexity index is 509. The van der Waals surface area contributed by atoms with Crippen molar-refractivity contribution in [3.05, 3.63) is 0 Å². The van der Waals surface area contributed by atoms with E-state index in [4.69, 9.17) is 25.2 Å². The lowest BCUT2D eigenvalue weighted by Crippen LogP contribution is -2.56. The van der Waals surface area contributed by atoms with Crippen molar-refractivity contribution in [3.63, 3.8) is 0 Å². The molecule has 0 aromatic rings. The highest BCUT2D eigenvalue weighted by Gasteiger charge is 2.53. The maximum atomic E-state index is 11.0. The van der Waals surface area contributed by atoms with E-state index in [2.05, 4.69) is 0 Å². The van der Waals surface area contributed by atoms with Crippen molar-refractivity contribution in [3.8, 4) is 0 Å². The van der Waals surface area contributed by atoms with E-state index in [0.29, 0.717) is 6.42 Å². The topological polar surface area (TPSA) is 205 Å². The van der Waals surface area contributed by atoms with Crippen LogP contribution in [0.1, 0.15) is 19.3 Å². The standard InChI is InChI=1S/C7H12O6.C7H10O5/c8-3-1-7(13,6(11)12)2-4(9)5(3)10;8-4-2-1-3(12-7(2)11)5(9)6(4)10/h3-5,8-10,13H,1-2H2,(H,11,12);2-6,8-10H,1H2. The smallest absolute Gasteiger partial charge is 0.335 e. The van der Waals surface area contributed by atoms with Gasteiger partial charge in [0, 0.05) is 19.3 Å². The SMILES string of the molecule is O=C(O)C1(O)CC(O)C(O)C(O)C1.O=C1OC2CC1C(O)C(O)C2O. The van der Waals surface area contributed by atoms with E-state index >= 15 is 0 Å². The Balaban J connectivity index is 0.000000181. The van der Waals surface area contributed by atoms with Crippen LogP contribution in [0.5, 0.6) is 0 Å². The Morgan fingerprint density at radius 3 is 1.92 bits per heavy atom. The Morgan fingerprint density at radius 1 is 0.920 bits per heavy atom. The van der Waals surface area contributed by atoms with E-state index in [1.54, 1.807) is 0 Å². The molecule has 8 N–H and O–H groups in total. The number of carboxylic acids is 1. The fraction of sp³-hybridized carbons (Fsp3) is 0.857. The molecule has 11 nitrogen and oxygen atoms in total.